The highest BCUT2D eigenvalue weighted by atomic mass is 32.2. The number of hydrogen-bond donors (Lipinski definition) is 1. The van der Waals surface area contributed by atoms with E-state index in [9.17, 15) is 13.2 Å². The van der Waals surface area contributed by atoms with Crippen LogP contribution in [0.2, 0.25) is 0 Å². The molecule has 1 aromatic rings. The first-order valence-electron chi connectivity index (χ1n) is 8.82. The van der Waals surface area contributed by atoms with Gasteiger partial charge in [0.1, 0.15) is 5.75 Å². The van der Waals surface area contributed by atoms with Gasteiger partial charge in [-0.1, -0.05) is 12.1 Å². The number of likely N-dealkylation sites (tertiary alicyclic amines) is 1. The summed E-state index contributed by atoms with van der Waals surface area (Å²) in [7, 11) is -1.22. The molecule has 1 aromatic carbocycles. The van der Waals surface area contributed by atoms with Crippen LogP contribution >= 0.6 is 0 Å². The fraction of sp³-hybridized carbons (Fsp3) is 0.611. The number of carbonyl (C=O) groups is 1. The van der Waals surface area contributed by atoms with Gasteiger partial charge in [0.15, 0.2) is 9.84 Å². The van der Waals surface area contributed by atoms with E-state index in [4.69, 9.17) is 4.74 Å². The molecule has 138 valence electrons. The number of nitrogens with zero attached hydrogens (tertiary/aromatic N) is 1. The fourth-order valence-electron chi connectivity index (χ4n) is 3.71. The molecule has 2 aliphatic rings. The summed E-state index contributed by atoms with van der Waals surface area (Å²) in [6.45, 7) is 2.10. The summed E-state index contributed by atoms with van der Waals surface area (Å²) in [5.41, 5.74) is 1.02. The lowest BCUT2D eigenvalue weighted by Gasteiger charge is -2.34. The molecule has 1 N–H and O–H groups in total. The molecule has 0 radical (unpaired) electrons. The molecule has 0 bridgehead atoms. The minimum Gasteiger partial charge on any atom is -0.497 e. The summed E-state index contributed by atoms with van der Waals surface area (Å²) in [6, 6.07) is 7.82. The van der Waals surface area contributed by atoms with Crippen molar-refractivity contribution in [3.05, 3.63) is 29.8 Å². The van der Waals surface area contributed by atoms with Crippen molar-refractivity contribution in [3.63, 3.8) is 0 Å². The van der Waals surface area contributed by atoms with Crippen LogP contribution in [0.3, 0.4) is 0 Å². The van der Waals surface area contributed by atoms with Crippen molar-refractivity contribution in [2.24, 2.45) is 5.92 Å². The van der Waals surface area contributed by atoms with Gasteiger partial charge in [-0.15, -0.1) is 0 Å². The zero-order valence-electron chi connectivity index (χ0n) is 14.6. The Balaban J connectivity index is 1.45. The monoisotopic (exact) mass is 366 g/mol. The summed E-state index contributed by atoms with van der Waals surface area (Å²) in [5.74, 6) is 1.46. The fourth-order valence-corrected chi connectivity index (χ4v) is 5.47. The van der Waals surface area contributed by atoms with Crippen LogP contribution in [0, 0.1) is 5.92 Å². The third kappa shape index (κ3) is 4.73. The Hall–Kier alpha value is -1.60. The topological polar surface area (TPSA) is 75.7 Å². The van der Waals surface area contributed by atoms with Crippen LogP contribution in [0.1, 0.15) is 24.8 Å². The smallest absolute Gasteiger partial charge is 0.223 e. The summed E-state index contributed by atoms with van der Waals surface area (Å²) in [6.07, 6.45) is 2.32. The molecule has 0 unspecified atom stereocenters. The molecule has 3 rings (SSSR count). The first-order valence-corrected chi connectivity index (χ1v) is 10.6. The number of ether oxygens (including phenoxy) is 1. The van der Waals surface area contributed by atoms with E-state index >= 15 is 0 Å². The molecule has 1 atom stereocenters. The van der Waals surface area contributed by atoms with Crippen molar-refractivity contribution in [1.29, 1.82) is 0 Å². The Morgan fingerprint density at radius 2 is 2.04 bits per heavy atom. The molecular formula is C18H26N2O4S. The second-order valence-electron chi connectivity index (χ2n) is 6.94. The van der Waals surface area contributed by atoms with Gasteiger partial charge in [-0.25, -0.2) is 8.42 Å². The number of piperidine rings is 1. The number of amides is 1. The van der Waals surface area contributed by atoms with Crippen molar-refractivity contribution < 1.29 is 17.9 Å². The van der Waals surface area contributed by atoms with Gasteiger partial charge in [-0.2, -0.15) is 0 Å². The zero-order valence-corrected chi connectivity index (χ0v) is 15.4. The highest BCUT2D eigenvalue weighted by Crippen LogP contribution is 2.24. The molecular weight excluding hydrogens is 340 g/mol. The zero-order chi connectivity index (χ0) is 17.9. The largest absolute Gasteiger partial charge is 0.497 e. The Labute approximate surface area is 149 Å². The molecule has 2 fully saturated rings. The SMILES string of the molecule is COc1cccc(CNC(=O)C2CCN([C@@H]3CCS(=O)(=O)C3)CC2)c1. The number of rotatable bonds is 5. The Morgan fingerprint density at radius 3 is 2.68 bits per heavy atom. The van der Waals surface area contributed by atoms with Gasteiger partial charge >= 0.3 is 0 Å². The van der Waals surface area contributed by atoms with Crippen LogP contribution in [0.5, 0.6) is 5.75 Å². The molecule has 1 amide bonds. The number of nitrogens with one attached hydrogen (secondary N) is 1. The molecule has 2 aliphatic heterocycles. The van der Waals surface area contributed by atoms with Crippen molar-refractivity contribution in [2.45, 2.75) is 31.8 Å². The Bertz CT molecular complexity index is 712. The second kappa shape index (κ2) is 7.74. The van der Waals surface area contributed by atoms with Gasteiger partial charge in [0, 0.05) is 18.5 Å². The highest BCUT2D eigenvalue weighted by molar-refractivity contribution is 7.91. The van der Waals surface area contributed by atoms with Crippen LogP contribution in [0.15, 0.2) is 24.3 Å². The minimum atomic E-state index is -2.85. The summed E-state index contributed by atoms with van der Waals surface area (Å²) in [5, 5.41) is 3.01. The lowest BCUT2D eigenvalue weighted by atomic mass is 9.94. The Kier molecular flexibility index (Phi) is 5.64. The lowest BCUT2D eigenvalue weighted by Crippen LogP contribution is -2.45. The number of methoxy groups -OCH3 is 1. The van der Waals surface area contributed by atoms with Crippen molar-refractivity contribution >= 4 is 15.7 Å². The lowest BCUT2D eigenvalue weighted by molar-refractivity contribution is -0.126. The van der Waals surface area contributed by atoms with Gasteiger partial charge in [-0.05, 0) is 50.0 Å². The molecule has 6 nitrogen and oxygen atoms in total. The van der Waals surface area contributed by atoms with Gasteiger partial charge in [0.2, 0.25) is 5.91 Å². The first kappa shape index (κ1) is 18.2. The highest BCUT2D eigenvalue weighted by Gasteiger charge is 2.35. The van der Waals surface area contributed by atoms with Gasteiger partial charge < -0.3 is 10.1 Å². The van der Waals surface area contributed by atoms with Crippen LogP contribution in [-0.2, 0) is 21.2 Å². The van der Waals surface area contributed by atoms with Crippen molar-refractivity contribution in [3.8, 4) is 5.75 Å². The Morgan fingerprint density at radius 1 is 1.28 bits per heavy atom. The molecule has 2 heterocycles. The van der Waals surface area contributed by atoms with E-state index in [-0.39, 0.29) is 23.6 Å². The summed E-state index contributed by atoms with van der Waals surface area (Å²) in [4.78, 5) is 14.6. The van der Waals surface area contributed by atoms with Crippen molar-refractivity contribution in [1.82, 2.24) is 10.2 Å². The van der Waals surface area contributed by atoms with Crippen molar-refractivity contribution in [2.75, 3.05) is 31.7 Å². The second-order valence-corrected chi connectivity index (χ2v) is 9.17. The summed E-state index contributed by atoms with van der Waals surface area (Å²) >= 11 is 0. The van der Waals surface area contributed by atoms with Crippen LogP contribution < -0.4 is 10.1 Å². The maximum atomic E-state index is 12.4. The van der Waals surface area contributed by atoms with Gasteiger partial charge in [0.05, 0.1) is 18.6 Å². The standard InChI is InChI=1S/C18H26N2O4S/c1-24-17-4-2-3-14(11-17)12-19-18(21)15-5-8-20(9-6-15)16-7-10-25(22,23)13-16/h2-4,11,15-16H,5-10,12-13H2,1H3,(H,19,21)/t16-/m1/s1. The molecule has 7 heteroatoms. The van der Waals surface area contributed by atoms with Crippen LogP contribution in [0.4, 0.5) is 0 Å². The number of benzene rings is 1. The molecule has 0 aromatic heterocycles. The normalized spacial score (nSPS) is 24.1. The predicted octanol–water partition coefficient (Wildman–Crippen LogP) is 1.21. The number of carbonyl (C=O) groups excluding carboxylic acids is 1. The van der Waals surface area contributed by atoms with E-state index in [2.05, 4.69) is 10.2 Å². The maximum Gasteiger partial charge on any atom is 0.223 e. The quantitative estimate of drug-likeness (QED) is 0.848. The summed E-state index contributed by atoms with van der Waals surface area (Å²) < 4.78 is 28.4. The third-order valence-electron chi connectivity index (χ3n) is 5.23. The molecule has 0 spiro atoms. The van der Waals surface area contributed by atoms with E-state index in [1.807, 2.05) is 24.3 Å². The molecule has 0 aliphatic carbocycles. The maximum absolute atomic E-state index is 12.4. The molecule has 0 saturated carbocycles. The van der Waals surface area contributed by atoms with Gasteiger partial charge in [0.25, 0.3) is 0 Å². The van der Waals surface area contributed by atoms with E-state index in [0.717, 1.165) is 43.7 Å². The number of hydrogen-bond acceptors (Lipinski definition) is 5. The predicted molar refractivity (Wildman–Crippen MR) is 96.2 cm³/mol. The van der Waals surface area contributed by atoms with E-state index in [0.29, 0.717) is 12.3 Å². The van der Waals surface area contributed by atoms with E-state index in [1.165, 1.54) is 0 Å². The van der Waals surface area contributed by atoms with Crippen LogP contribution in [-0.4, -0.2) is 57.0 Å². The molecule has 2 saturated heterocycles. The van der Waals surface area contributed by atoms with Gasteiger partial charge in [-0.3, -0.25) is 9.69 Å². The first-order chi connectivity index (χ1) is 12.0. The third-order valence-corrected chi connectivity index (χ3v) is 6.98. The average Bonchev–Trinajstić information content (AvgIpc) is 3.00. The number of sulfone groups is 1. The van der Waals surface area contributed by atoms with E-state index < -0.39 is 9.84 Å². The van der Waals surface area contributed by atoms with E-state index in [1.54, 1.807) is 7.11 Å². The average molecular weight is 366 g/mol. The minimum absolute atomic E-state index is 0.0138. The molecule has 25 heavy (non-hydrogen) atoms. The van der Waals surface area contributed by atoms with Crippen LogP contribution in [0.25, 0.3) is 0 Å².